The fourth-order valence-electron chi connectivity index (χ4n) is 4.20. The maximum absolute atomic E-state index is 6.44. The predicted molar refractivity (Wildman–Crippen MR) is 78.6 cm³/mol. The zero-order valence-electron chi connectivity index (χ0n) is 12.4. The van der Waals surface area contributed by atoms with Gasteiger partial charge in [-0.05, 0) is 51.0 Å². The summed E-state index contributed by atoms with van der Waals surface area (Å²) in [5, 5.41) is 0. The van der Waals surface area contributed by atoms with Gasteiger partial charge in [-0.25, -0.2) is 0 Å². The topological polar surface area (TPSA) is 29.3 Å². The van der Waals surface area contributed by atoms with Gasteiger partial charge in [-0.1, -0.05) is 33.1 Å². The molecule has 1 aliphatic carbocycles. The lowest BCUT2D eigenvalue weighted by Gasteiger charge is -2.47. The zero-order chi connectivity index (χ0) is 13.0. The van der Waals surface area contributed by atoms with E-state index in [4.69, 9.17) is 5.73 Å². The molecular formula is C16H32N2. The van der Waals surface area contributed by atoms with Crippen molar-refractivity contribution in [2.75, 3.05) is 6.54 Å². The molecule has 2 fully saturated rings. The molecule has 2 nitrogen and oxygen atoms in total. The minimum absolute atomic E-state index is 0.435. The van der Waals surface area contributed by atoms with Gasteiger partial charge in [-0.15, -0.1) is 0 Å². The molecule has 18 heavy (non-hydrogen) atoms. The van der Waals surface area contributed by atoms with E-state index in [2.05, 4.69) is 18.7 Å². The van der Waals surface area contributed by atoms with Gasteiger partial charge in [0.25, 0.3) is 0 Å². The summed E-state index contributed by atoms with van der Waals surface area (Å²) in [6.45, 7) is 5.97. The standard InChI is InChI=1S/C16H32N2/c1-3-7-13-9-10-15(17)16(12-13)18-11-6-5-8-14(18)4-2/h13-16H,3-12,17H2,1-2H3. The van der Waals surface area contributed by atoms with Crippen LogP contribution in [0.3, 0.4) is 0 Å². The SMILES string of the molecule is CCCC1CCC(N)C(N2CCCCC2CC)C1. The number of nitrogens with two attached hydrogens (primary N) is 1. The van der Waals surface area contributed by atoms with E-state index < -0.39 is 0 Å². The first kappa shape index (κ1) is 14.3. The summed E-state index contributed by atoms with van der Waals surface area (Å²) >= 11 is 0. The predicted octanol–water partition coefficient (Wildman–Crippen LogP) is 3.55. The molecule has 0 radical (unpaired) electrons. The van der Waals surface area contributed by atoms with Crippen molar-refractivity contribution in [3.05, 3.63) is 0 Å². The van der Waals surface area contributed by atoms with Crippen LogP contribution in [0.4, 0.5) is 0 Å². The van der Waals surface area contributed by atoms with Crippen LogP contribution in [0, 0.1) is 5.92 Å². The van der Waals surface area contributed by atoms with Crippen LogP contribution >= 0.6 is 0 Å². The zero-order valence-corrected chi connectivity index (χ0v) is 12.4. The van der Waals surface area contributed by atoms with Gasteiger partial charge in [0.2, 0.25) is 0 Å². The second kappa shape index (κ2) is 6.91. The van der Waals surface area contributed by atoms with Crippen LogP contribution in [-0.4, -0.2) is 29.6 Å². The Morgan fingerprint density at radius 1 is 1.11 bits per heavy atom. The van der Waals surface area contributed by atoms with Gasteiger partial charge in [0.05, 0.1) is 0 Å². The van der Waals surface area contributed by atoms with Crippen molar-refractivity contribution in [2.24, 2.45) is 11.7 Å². The van der Waals surface area contributed by atoms with Crippen LogP contribution in [0.2, 0.25) is 0 Å². The summed E-state index contributed by atoms with van der Waals surface area (Å²) in [5.74, 6) is 0.944. The first-order valence-electron chi connectivity index (χ1n) is 8.27. The van der Waals surface area contributed by atoms with Crippen molar-refractivity contribution in [1.82, 2.24) is 4.90 Å². The molecule has 0 bridgehead atoms. The van der Waals surface area contributed by atoms with E-state index in [0.29, 0.717) is 12.1 Å². The van der Waals surface area contributed by atoms with Crippen molar-refractivity contribution in [2.45, 2.75) is 89.8 Å². The van der Waals surface area contributed by atoms with E-state index in [9.17, 15) is 0 Å². The van der Waals surface area contributed by atoms with Crippen LogP contribution in [0.15, 0.2) is 0 Å². The quantitative estimate of drug-likeness (QED) is 0.829. The molecule has 1 aliphatic heterocycles. The number of rotatable bonds is 4. The van der Waals surface area contributed by atoms with Crippen LogP contribution in [-0.2, 0) is 0 Å². The number of likely N-dealkylation sites (tertiary alicyclic amines) is 1. The third kappa shape index (κ3) is 3.27. The Hall–Kier alpha value is -0.0800. The van der Waals surface area contributed by atoms with Gasteiger partial charge in [0.15, 0.2) is 0 Å². The lowest BCUT2D eigenvalue weighted by molar-refractivity contribution is 0.0432. The molecule has 2 N–H and O–H groups in total. The molecule has 0 aromatic carbocycles. The Bertz CT molecular complexity index is 241. The normalized spacial score (nSPS) is 38.8. The Morgan fingerprint density at radius 3 is 2.67 bits per heavy atom. The Labute approximate surface area is 113 Å². The van der Waals surface area contributed by atoms with E-state index in [1.54, 1.807) is 0 Å². The maximum Gasteiger partial charge on any atom is 0.0252 e. The lowest BCUT2D eigenvalue weighted by Crippen LogP contribution is -2.56. The molecule has 1 heterocycles. The highest BCUT2D eigenvalue weighted by Crippen LogP contribution is 2.33. The third-order valence-corrected chi connectivity index (χ3v) is 5.24. The second-order valence-corrected chi connectivity index (χ2v) is 6.49. The largest absolute Gasteiger partial charge is 0.326 e. The Balaban J connectivity index is 1.99. The van der Waals surface area contributed by atoms with E-state index in [1.165, 1.54) is 64.3 Å². The average Bonchev–Trinajstić information content (AvgIpc) is 2.41. The number of hydrogen-bond donors (Lipinski definition) is 1. The molecule has 1 saturated carbocycles. The fraction of sp³-hybridized carbons (Fsp3) is 1.00. The molecule has 2 aliphatic rings. The Kier molecular flexibility index (Phi) is 5.50. The van der Waals surface area contributed by atoms with E-state index in [1.807, 2.05) is 0 Å². The van der Waals surface area contributed by atoms with Gasteiger partial charge in [0.1, 0.15) is 0 Å². The molecular weight excluding hydrogens is 220 g/mol. The van der Waals surface area contributed by atoms with Crippen LogP contribution in [0.5, 0.6) is 0 Å². The molecule has 2 rings (SSSR count). The molecule has 4 unspecified atom stereocenters. The van der Waals surface area contributed by atoms with Gasteiger partial charge in [-0.3, -0.25) is 4.90 Å². The van der Waals surface area contributed by atoms with E-state index in [-0.39, 0.29) is 0 Å². The molecule has 0 aromatic rings. The molecule has 106 valence electrons. The van der Waals surface area contributed by atoms with Crippen molar-refractivity contribution < 1.29 is 0 Å². The molecule has 0 spiro atoms. The molecule has 1 saturated heterocycles. The van der Waals surface area contributed by atoms with Crippen LogP contribution < -0.4 is 5.73 Å². The van der Waals surface area contributed by atoms with Crippen molar-refractivity contribution >= 4 is 0 Å². The van der Waals surface area contributed by atoms with Gasteiger partial charge >= 0.3 is 0 Å². The van der Waals surface area contributed by atoms with E-state index >= 15 is 0 Å². The number of piperidine rings is 1. The average molecular weight is 252 g/mol. The highest BCUT2D eigenvalue weighted by Gasteiger charge is 2.35. The van der Waals surface area contributed by atoms with Gasteiger partial charge < -0.3 is 5.73 Å². The third-order valence-electron chi connectivity index (χ3n) is 5.24. The minimum Gasteiger partial charge on any atom is -0.326 e. The van der Waals surface area contributed by atoms with Crippen molar-refractivity contribution in [3.63, 3.8) is 0 Å². The molecule has 0 aromatic heterocycles. The van der Waals surface area contributed by atoms with Gasteiger partial charge in [0, 0.05) is 18.1 Å². The summed E-state index contributed by atoms with van der Waals surface area (Å²) in [4.78, 5) is 2.79. The summed E-state index contributed by atoms with van der Waals surface area (Å²) in [6, 6.07) is 1.93. The summed E-state index contributed by atoms with van der Waals surface area (Å²) in [6.07, 6.45) is 12.3. The Morgan fingerprint density at radius 2 is 1.94 bits per heavy atom. The maximum atomic E-state index is 6.44. The van der Waals surface area contributed by atoms with Crippen LogP contribution in [0.1, 0.15) is 71.6 Å². The number of nitrogens with zero attached hydrogens (tertiary/aromatic N) is 1. The highest BCUT2D eigenvalue weighted by molar-refractivity contribution is 4.93. The smallest absolute Gasteiger partial charge is 0.0252 e. The first-order chi connectivity index (χ1) is 8.76. The number of hydrogen-bond acceptors (Lipinski definition) is 2. The lowest BCUT2D eigenvalue weighted by atomic mass is 9.78. The highest BCUT2D eigenvalue weighted by atomic mass is 15.2. The van der Waals surface area contributed by atoms with Gasteiger partial charge in [-0.2, -0.15) is 0 Å². The fourth-order valence-corrected chi connectivity index (χ4v) is 4.20. The minimum atomic E-state index is 0.435. The first-order valence-corrected chi connectivity index (χ1v) is 8.27. The van der Waals surface area contributed by atoms with E-state index in [0.717, 1.165) is 12.0 Å². The molecule has 4 atom stereocenters. The second-order valence-electron chi connectivity index (χ2n) is 6.49. The monoisotopic (exact) mass is 252 g/mol. The van der Waals surface area contributed by atoms with Crippen molar-refractivity contribution in [3.8, 4) is 0 Å². The van der Waals surface area contributed by atoms with Crippen LogP contribution in [0.25, 0.3) is 0 Å². The van der Waals surface area contributed by atoms with Crippen molar-refractivity contribution in [1.29, 1.82) is 0 Å². The summed E-state index contributed by atoms with van der Waals surface area (Å²) < 4.78 is 0. The summed E-state index contributed by atoms with van der Waals surface area (Å²) in [5.41, 5.74) is 6.44. The summed E-state index contributed by atoms with van der Waals surface area (Å²) in [7, 11) is 0. The molecule has 0 amide bonds. The molecule has 2 heteroatoms.